The minimum atomic E-state index is -0.475. The Hall–Kier alpha value is -3.34. The van der Waals surface area contributed by atoms with Crippen LogP contribution in [0.3, 0.4) is 0 Å². The molecule has 1 aromatic carbocycles. The third kappa shape index (κ3) is 1.96. The molecule has 1 aliphatic heterocycles. The lowest BCUT2D eigenvalue weighted by molar-refractivity contribution is -0.384. The number of aromatic nitrogens is 2. The number of non-ortho nitro benzene ring substituents is 1. The number of hydrogen-bond donors (Lipinski definition) is 2. The van der Waals surface area contributed by atoms with Gasteiger partial charge in [0.25, 0.3) is 5.69 Å². The quantitative estimate of drug-likeness (QED) is 0.642. The van der Waals surface area contributed by atoms with Crippen LogP contribution in [0, 0.1) is 28.4 Å². The van der Waals surface area contributed by atoms with E-state index in [1.54, 1.807) is 12.1 Å². The Labute approximate surface area is 125 Å². The van der Waals surface area contributed by atoms with Crippen molar-refractivity contribution in [2.75, 3.05) is 0 Å². The van der Waals surface area contributed by atoms with E-state index in [2.05, 4.69) is 16.3 Å². The van der Waals surface area contributed by atoms with Crippen LogP contribution >= 0.6 is 0 Å². The molecule has 0 saturated heterocycles. The van der Waals surface area contributed by atoms with Gasteiger partial charge in [0, 0.05) is 23.4 Å². The Morgan fingerprint density at radius 3 is 2.73 bits per heavy atom. The summed E-state index contributed by atoms with van der Waals surface area (Å²) in [5.41, 5.74) is 8.19. The highest BCUT2D eigenvalue weighted by atomic mass is 16.6. The van der Waals surface area contributed by atoms with E-state index >= 15 is 0 Å². The van der Waals surface area contributed by atoms with Gasteiger partial charge in [0.05, 0.1) is 10.8 Å². The molecule has 3 N–H and O–H groups in total. The second kappa shape index (κ2) is 4.89. The standard InChI is InChI=1S/C14H11N5O3/c1-7-11-12(8-2-4-9(5-3-8)19(20)21)10(6-15)13(16)22-14(11)18-17-7/h2-5,12H,16H2,1H3,(H,17,18)/t12-/m1/s1. The summed E-state index contributed by atoms with van der Waals surface area (Å²) in [4.78, 5) is 10.3. The molecule has 0 fully saturated rings. The largest absolute Gasteiger partial charge is 0.420 e. The molecule has 8 heteroatoms. The van der Waals surface area contributed by atoms with Gasteiger partial charge in [-0.15, -0.1) is 5.10 Å². The summed E-state index contributed by atoms with van der Waals surface area (Å²) < 4.78 is 5.35. The number of nitrogens with one attached hydrogen (secondary N) is 1. The first-order chi connectivity index (χ1) is 10.5. The summed E-state index contributed by atoms with van der Waals surface area (Å²) in [5.74, 6) is -0.157. The molecule has 1 aromatic heterocycles. The SMILES string of the molecule is Cc1[nH]nc2c1[C@H](c1ccc([N+](=O)[O-])cc1)C(C#N)=C(N)O2. The van der Waals surface area contributed by atoms with Crippen molar-refractivity contribution in [3.63, 3.8) is 0 Å². The van der Waals surface area contributed by atoms with Crippen molar-refractivity contribution in [1.29, 1.82) is 5.26 Å². The Kier molecular flexibility index (Phi) is 3.03. The molecular weight excluding hydrogens is 286 g/mol. The van der Waals surface area contributed by atoms with Gasteiger partial charge in [-0.25, -0.2) is 0 Å². The van der Waals surface area contributed by atoms with Gasteiger partial charge in [-0.05, 0) is 12.5 Å². The fourth-order valence-electron chi connectivity index (χ4n) is 2.52. The molecule has 0 aliphatic carbocycles. The molecule has 0 bridgehead atoms. The van der Waals surface area contributed by atoms with E-state index in [9.17, 15) is 15.4 Å². The van der Waals surface area contributed by atoms with E-state index in [-0.39, 0.29) is 17.1 Å². The maximum absolute atomic E-state index is 10.8. The first kappa shape index (κ1) is 13.6. The minimum absolute atomic E-state index is 0.00940. The van der Waals surface area contributed by atoms with E-state index in [4.69, 9.17) is 10.5 Å². The number of H-pyrrole nitrogens is 1. The third-order valence-electron chi connectivity index (χ3n) is 3.57. The number of fused-ring (bicyclic) bond motifs is 1. The summed E-state index contributed by atoms with van der Waals surface area (Å²) in [6.07, 6.45) is 0. The van der Waals surface area contributed by atoms with Crippen molar-refractivity contribution in [3.8, 4) is 11.9 Å². The predicted octanol–water partition coefficient (Wildman–Crippen LogP) is 1.84. The number of benzene rings is 1. The van der Waals surface area contributed by atoms with Gasteiger partial charge in [-0.2, -0.15) is 5.26 Å². The Bertz CT molecular complexity index is 829. The number of allylic oxidation sites excluding steroid dienone is 1. The van der Waals surface area contributed by atoms with Gasteiger partial charge in [0.15, 0.2) is 0 Å². The molecule has 22 heavy (non-hydrogen) atoms. The van der Waals surface area contributed by atoms with Crippen molar-refractivity contribution in [2.45, 2.75) is 12.8 Å². The molecule has 3 rings (SSSR count). The van der Waals surface area contributed by atoms with Crippen molar-refractivity contribution >= 4 is 5.69 Å². The Morgan fingerprint density at radius 2 is 2.14 bits per heavy atom. The van der Waals surface area contributed by atoms with Crippen molar-refractivity contribution in [3.05, 3.63) is 62.7 Å². The van der Waals surface area contributed by atoms with Crippen molar-refractivity contribution in [2.24, 2.45) is 5.73 Å². The van der Waals surface area contributed by atoms with E-state index in [0.29, 0.717) is 17.0 Å². The maximum atomic E-state index is 10.8. The van der Waals surface area contributed by atoms with Crippen LogP contribution in [0.25, 0.3) is 0 Å². The molecule has 0 unspecified atom stereocenters. The number of nitrogens with two attached hydrogens (primary N) is 1. The van der Waals surface area contributed by atoms with E-state index in [1.165, 1.54) is 12.1 Å². The second-order valence-electron chi connectivity index (χ2n) is 4.84. The van der Waals surface area contributed by atoms with Gasteiger partial charge in [-0.3, -0.25) is 15.2 Å². The molecule has 0 radical (unpaired) electrons. The minimum Gasteiger partial charge on any atom is -0.420 e. The number of nitriles is 1. The zero-order valence-electron chi connectivity index (χ0n) is 11.5. The first-order valence-corrected chi connectivity index (χ1v) is 6.39. The highest BCUT2D eigenvalue weighted by Crippen LogP contribution is 2.42. The number of rotatable bonds is 2. The summed E-state index contributed by atoms with van der Waals surface area (Å²) in [6.45, 7) is 1.81. The highest BCUT2D eigenvalue weighted by Gasteiger charge is 2.34. The molecular formula is C14H11N5O3. The molecule has 110 valence electrons. The Balaban J connectivity index is 2.16. The predicted molar refractivity (Wildman–Crippen MR) is 75.7 cm³/mol. The summed E-state index contributed by atoms with van der Waals surface area (Å²) in [6, 6.07) is 8.05. The molecule has 1 aliphatic rings. The molecule has 0 saturated carbocycles. The zero-order valence-corrected chi connectivity index (χ0v) is 11.5. The van der Waals surface area contributed by atoms with Crippen LogP contribution in [0.1, 0.15) is 22.7 Å². The summed E-state index contributed by atoms with van der Waals surface area (Å²) in [5, 5.41) is 27.0. The number of aromatic amines is 1. The summed E-state index contributed by atoms with van der Waals surface area (Å²) in [7, 11) is 0. The Morgan fingerprint density at radius 1 is 1.45 bits per heavy atom. The zero-order chi connectivity index (χ0) is 15.9. The van der Waals surface area contributed by atoms with E-state index in [0.717, 1.165) is 5.69 Å². The monoisotopic (exact) mass is 297 g/mol. The van der Waals surface area contributed by atoms with Crippen LogP contribution in [-0.4, -0.2) is 15.1 Å². The normalized spacial score (nSPS) is 16.6. The maximum Gasteiger partial charge on any atom is 0.269 e. The number of ether oxygens (including phenoxy) is 1. The molecule has 0 spiro atoms. The lowest BCUT2D eigenvalue weighted by Gasteiger charge is -2.23. The molecule has 2 aromatic rings. The fourth-order valence-corrected chi connectivity index (χ4v) is 2.52. The number of hydrogen-bond acceptors (Lipinski definition) is 6. The number of nitro benzene ring substituents is 1. The molecule has 2 heterocycles. The fraction of sp³-hybridized carbons (Fsp3) is 0.143. The molecule has 1 atom stereocenters. The van der Waals surface area contributed by atoms with Gasteiger partial charge in [0.2, 0.25) is 11.8 Å². The van der Waals surface area contributed by atoms with Crippen molar-refractivity contribution < 1.29 is 9.66 Å². The smallest absolute Gasteiger partial charge is 0.269 e. The van der Waals surface area contributed by atoms with Crippen LogP contribution in [-0.2, 0) is 0 Å². The van der Waals surface area contributed by atoms with Crippen LogP contribution in [0.5, 0.6) is 5.88 Å². The first-order valence-electron chi connectivity index (χ1n) is 6.39. The van der Waals surface area contributed by atoms with Crippen LogP contribution in [0.15, 0.2) is 35.7 Å². The van der Waals surface area contributed by atoms with Gasteiger partial charge < -0.3 is 10.5 Å². The number of nitro groups is 1. The average Bonchev–Trinajstić information content (AvgIpc) is 2.87. The van der Waals surface area contributed by atoms with Crippen molar-refractivity contribution in [1.82, 2.24) is 10.2 Å². The summed E-state index contributed by atoms with van der Waals surface area (Å²) >= 11 is 0. The van der Waals surface area contributed by atoms with Crippen LogP contribution < -0.4 is 10.5 Å². The van der Waals surface area contributed by atoms with Gasteiger partial charge in [-0.1, -0.05) is 12.1 Å². The van der Waals surface area contributed by atoms with Crippen LogP contribution in [0.4, 0.5) is 5.69 Å². The lowest BCUT2D eigenvalue weighted by Crippen LogP contribution is -2.21. The highest BCUT2D eigenvalue weighted by molar-refractivity contribution is 5.55. The van der Waals surface area contributed by atoms with Gasteiger partial charge in [0.1, 0.15) is 11.6 Å². The lowest BCUT2D eigenvalue weighted by atomic mass is 9.84. The second-order valence-corrected chi connectivity index (χ2v) is 4.84. The third-order valence-corrected chi connectivity index (χ3v) is 3.57. The topological polar surface area (TPSA) is 131 Å². The van der Waals surface area contributed by atoms with E-state index in [1.807, 2.05) is 6.92 Å². The number of aryl methyl sites for hydroxylation is 1. The van der Waals surface area contributed by atoms with E-state index < -0.39 is 10.8 Å². The molecule has 0 amide bonds. The van der Waals surface area contributed by atoms with Gasteiger partial charge >= 0.3 is 0 Å². The van der Waals surface area contributed by atoms with Crippen LogP contribution in [0.2, 0.25) is 0 Å². The molecule has 8 nitrogen and oxygen atoms in total. The average molecular weight is 297 g/mol. The number of nitrogens with zero attached hydrogens (tertiary/aromatic N) is 3.